The van der Waals surface area contributed by atoms with Crippen molar-refractivity contribution in [3.8, 4) is 11.8 Å². The normalized spacial score (nSPS) is 24.7. The van der Waals surface area contributed by atoms with E-state index in [4.69, 9.17) is 10.00 Å². The summed E-state index contributed by atoms with van der Waals surface area (Å²) in [6.07, 6.45) is 2.60. The Morgan fingerprint density at radius 2 is 2.11 bits per heavy atom. The molecule has 1 N–H and O–H groups in total. The zero-order valence-electron chi connectivity index (χ0n) is 15.7. The number of benzene rings is 1. The predicted octanol–water partition coefficient (Wildman–Crippen LogP) is 1.92. The first-order chi connectivity index (χ1) is 12.9. The Morgan fingerprint density at radius 1 is 1.37 bits per heavy atom. The van der Waals surface area contributed by atoms with Crippen LogP contribution in [0.5, 0.6) is 5.75 Å². The summed E-state index contributed by atoms with van der Waals surface area (Å²) in [6.45, 7) is 2.28. The summed E-state index contributed by atoms with van der Waals surface area (Å²) >= 11 is 0. The van der Waals surface area contributed by atoms with Gasteiger partial charge in [0.05, 0.1) is 13.2 Å². The lowest BCUT2D eigenvalue weighted by Gasteiger charge is -2.42. The van der Waals surface area contributed by atoms with Gasteiger partial charge in [-0.25, -0.2) is 4.39 Å². The van der Waals surface area contributed by atoms with Crippen LogP contribution in [-0.4, -0.2) is 59.7 Å². The molecule has 2 aliphatic heterocycles. The SMILES string of the molecule is COc1ccc(F)c(CN2CCC[C@@](O)(CN3CCC(C#N)CC3)C2=O)c1. The molecule has 2 aliphatic rings. The van der Waals surface area contributed by atoms with E-state index in [-0.39, 0.29) is 24.9 Å². The maximum absolute atomic E-state index is 14.1. The fourth-order valence-electron chi connectivity index (χ4n) is 3.96. The van der Waals surface area contributed by atoms with Crippen molar-refractivity contribution in [3.05, 3.63) is 29.6 Å². The maximum atomic E-state index is 14.1. The molecule has 6 nitrogen and oxygen atoms in total. The third-order valence-corrected chi connectivity index (χ3v) is 5.57. The average Bonchev–Trinajstić information content (AvgIpc) is 2.68. The van der Waals surface area contributed by atoms with E-state index in [0.29, 0.717) is 43.8 Å². The van der Waals surface area contributed by atoms with Crippen LogP contribution >= 0.6 is 0 Å². The molecule has 0 radical (unpaired) electrons. The summed E-state index contributed by atoms with van der Waals surface area (Å²) in [5.74, 6) is -0.147. The lowest BCUT2D eigenvalue weighted by Crippen LogP contribution is -2.59. The van der Waals surface area contributed by atoms with E-state index in [0.717, 1.165) is 12.8 Å². The van der Waals surface area contributed by atoms with Crippen LogP contribution < -0.4 is 4.74 Å². The molecule has 0 aromatic heterocycles. The Balaban J connectivity index is 1.67. The number of amides is 1. The Kier molecular flexibility index (Phi) is 5.98. The summed E-state index contributed by atoms with van der Waals surface area (Å²) in [5, 5.41) is 20.0. The van der Waals surface area contributed by atoms with Crippen molar-refractivity contribution < 1.29 is 19.0 Å². The molecule has 1 aromatic carbocycles. The van der Waals surface area contributed by atoms with Gasteiger partial charge in [-0.05, 0) is 57.0 Å². The van der Waals surface area contributed by atoms with E-state index >= 15 is 0 Å². The highest BCUT2D eigenvalue weighted by Crippen LogP contribution is 2.28. The fourth-order valence-corrected chi connectivity index (χ4v) is 3.96. The van der Waals surface area contributed by atoms with E-state index < -0.39 is 11.4 Å². The third kappa shape index (κ3) is 4.40. The van der Waals surface area contributed by atoms with Crippen LogP contribution in [0.15, 0.2) is 18.2 Å². The largest absolute Gasteiger partial charge is 0.497 e. The number of carbonyl (C=O) groups is 1. The summed E-state index contributed by atoms with van der Waals surface area (Å²) in [6, 6.07) is 6.74. The van der Waals surface area contributed by atoms with E-state index in [2.05, 4.69) is 11.0 Å². The molecule has 1 aromatic rings. The Hall–Kier alpha value is -2.17. The first kappa shape index (κ1) is 19.6. The van der Waals surface area contributed by atoms with Crippen molar-refractivity contribution in [2.75, 3.05) is 33.3 Å². The lowest BCUT2D eigenvalue weighted by atomic mass is 9.89. The number of ether oxygens (including phenoxy) is 1. The minimum atomic E-state index is -1.45. The second-order valence-electron chi connectivity index (χ2n) is 7.50. The Morgan fingerprint density at radius 3 is 2.78 bits per heavy atom. The second-order valence-corrected chi connectivity index (χ2v) is 7.50. The van der Waals surface area contributed by atoms with Crippen molar-refractivity contribution >= 4 is 5.91 Å². The molecule has 0 spiro atoms. The van der Waals surface area contributed by atoms with Gasteiger partial charge >= 0.3 is 0 Å². The molecular weight excluding hydrogens is 349 g/mol. The molecule has 27 heavy (non-hydrogen) atoms. The highest BCUT2D eigenvalue weighted by molar-refractivity contribution is 5.86. The molecule has 1 atom stereocenters. The zero-order chi connectivity index (χ0) is 19.4. The van der Waals surface area contributed by atoms with Crippen molar-refractivity contribution in [2.45, 2.75) is 37.8 Å². The molecule has 0 unspecified atom stereocenters. The van der Waals surface area contributed by atoms with Gasteiger partial charge in [0, 0.05) is 31.1 Å². The van der Waals surface area contributed by atoms with Crippen LogP contribution in [0.1, 0.15) is 31.2 Å². The number of nitrogens with zero attached hydrogens (tertiary/aromatic N) is 3. The van der Waals surface area contributed by atoms with Gasteiger partial charge in [0.1, 0.15) is 11.6 Å². The summed E-state index contributed by atoms with van der Waals surface area (Å²) in [7, 11) is 1.51. The number of likely N-dealkylation sites (tertiary alicyclic amines) is 2. The molecule has 1 amide bonds. The van der Waals surface area contributed by atoms with Crippen molar-refractivity contribution in [1.82, 2.24) is 9.80 Å². The van der Waals surface area contributed by atoms with Crippen LogP contribution in [0.3, 0.4) is 0 Å². The fraction of sp³-hybridized carbons (Fsp3) is 0.600. The van der Waals surface area contributed by atoms with Gasteiger partial charge in [0.15, 0.2) is 5.60 Å². The summed E-state index contributed by atoms with van der Waals surface area (Å²) < 4.78 is 19.3. The first-order valence-corrected chi connectivity index (χ1v) is 9.41. The zero-order valence-corrected chi connectivity index (χ0v) is 15.7. The smallest absolute Gasteiger partial charge is 0.256 e. The number of hydrogen-bond donors (Lipinski definition) is 1. The highest BCUT2D eigenvalue weighted by atomic mass is 19.1. The highest BCUT2D eigenvalue weighted by Gasteiger charge is 2.43. The van der Waals surface area contributed by atoms with Crippen LogP contribution in [0, 0.1) is 23.1 Å². The number of halogens is 1. The monoisotopic (exact) mass is 375 g/mol. The number of hydrogen-bond acceptors (Lipinski definition) is 5. The van der Waals surface area contributed by atoms with Gasteiger partial charge in [-0.2, -0.15) is 5.26 Å². The number of nitriles is 1. The van der Waals surface area contributed by atoms with Gasteiger partial charge < -0.3 is 14.7 Å². The average molecular weight is 375 g/mol. The molecule has 0 saturated carbocycles. The Labute approximate surface area is 159 Å². The topological polar surface area (TPSA) is 76.8 Å². The van der Waals surface area contributed by atoms with Gasteiger partial charge in [0.2, 0.25) is 0 Å². The van der Waals surface area contributed by atoms with Gasteiger partial charge in [-0.1, -0.05) is 0 Å². The van der Waals surface area contributed by atoms with Crippen molar-refractivity contribution in [2.24, 2.45) is 5.92 Å². The predicted molar refractivity (Wildman–Crippen MR) is 97.3 cm³/mol. The Bertz CT molecular complexity index is 728. The minimum Gasteiger partial charge on any atom is -0.497 e. The molecular formula is C20H26FN3O3. The van der Waals surface area contributed by atoms with E-state index in [1.165, 1.54) is 24.1 Å². The van der Waals surface area contributed by atoms with Crippen molar-refractivity contribution in [3.63, 3.8) is 0 Å². The third-order valence-electron chi connectivity index (χ3n) is 5.57. The van der Waals surface area contributed by atoms with Gasteiger partial charge in [-0.3, -0.25) is 9.69 Å². The molecule has 0 bridgehead atoms. The molecule has 2 fully saturated rings. The molecule has 146 valence electrons. The molecule has 2 saturated heterocycles. The number of rotatable bonds is 5. The molecule has 2 heterocycles. The lowest BCUT2D eigenvalue weighted by molar-refractivity contribution is -0.160. The van der Waals surface area contributed by atoms with Crippen LogP contribution in [0.25, 0.3) is 0 Å². The molecule has 0 aliphatic carbocycles. The number of methoxy groups -OCH3 is 1. The van der Waals surface area contributed by atoms with Gasteiger partial charge in [-0.15, -0.1) is 0 Å². The first-order valence-electron chi connectivity index (χ1n) is 9.41. The summed E-state index contributed by atoms with van der Waals surface area (Å²) in [5.41, 5.74) is -1.07. The van der Waals surface area contributed by atoms with E-state index in [1.54, 1.807) is 6.07 Å². The number of piperidine rings is 2. The number of carbonyl (C=O) groups excluding carboxylic acids is 1. The molecule has 7 heteroatoms. The van der Waals surface area contributed by atoms with Gasteiger partial charge in [0.25, 0.3) is 5.91 Å². The second kappa shape index (κ2) is 8.24. The number of aliphatic hydroxyl groups is 1. The minimum absolute atomic E-state index is 0.0606. The van der Waals surface area contributed by atoms with Crippen molar-refractivity contribution in [1.29, 1.82) is 5.26 Å². The van der Waals surface area contributed by atoms with Crippen LogP contribution in [0.4, 0.5) is 4.39 Å². The molecule has 3 rings (SSSR count). The standard InChI is InChI=1S/C20H26FN3O3/c1-27-17-3-4-18(21)16(11-17)13-24-8-2-7-20(26,19(24)25)14-23-9-5-15(12-22)6-10-23/h3-4,11,15,26H,2,5-10,13-14H2,1H3/t20-/m1/s1. The quantitative estimate of drug-likeness (QED) is 0.851. The number of β-amino-alcohol motifs (C(OH)–C–C–N with tert-alkyl or cyclic N) is 1. The van der Waals surface area contributed by atoms with E-state index in [9.17, 15) is 14.3 Å². The van der Waals surface area contributed by atoms with E-state index in [1.807, 2.05) is 0 Å². The van der Waals surface area contributed by atoms with Crippen LogP contribution in [-0.2, 0) is 11.3 Å². The van der Waals surface area contributed by atoms with Crippen LogP contribution in [0.2, 0.25) is 0 Å². The summed E-state index contributed by atoms with van der Waals surface area (Å²) in [4.78, 5) is 16.5. The maximum Gasteiger partial charge on any atom is 0.256 e.